The molecule has 0 aliphatic heterocycles. The van der Waals surface area contributed by atoms with E-state index in [-0.39, 0.29) is 6.54 Å². The summed E-state index contributed by atoms with van der Waals surface area (Å²) in [5, 5.41) is 12.7. The van der Waals surface area contributed by atoms with Gasteiger partial charge in [0.25, 0.3) is 5.91 Å². The van der Waals surface area contributed by atoms with E-state index in [9.17, 15) is 23.1 Å². The second-order valence-electron chi connectivity index (χ2n) is 4.67. The highest BCUT2D eigenvalue weighted by atomic mass is 35.5. The van der Waals surface area contributed by atoms with Gasteiger partial charge in [-0.15, -0.1) is 0 Å². The molecule has 1 heterocycles. The number of rotatable bonds is 4. The number of aliphatic hydroxyl groups excluding tert-OH is 1. The summed E-state index contributed by atoms with van der Waals surface area (Å²) >= 11 is 5.72. The van der Waals surface area contributed by atoms with Crippen molar-refractivity contribution in [2.75, 3.05) is 6.54 Å². The topological polar surface area (TPSA) is 62.2 Å². The number of nitrogens with zero attached hydrogens (tertiary/aromatic N) is 1. The zero-order valence-electron chi connectivity index (χ0n) is 11.6. The Balaban J connectivity index is 2.07. The van der Waals surface area contributed by atoms with Crippen LogP contribution in [0.3, 0.4) is 0 Å². The summed E-state index contributed by atoms with van der Waals surface area (Å²) in [6, 6.07) is 8.10. The second kappa shape index (κ2) is 6.97. The number of aliphatic hydroxyl groups is 1. The Hall–Kier alpha value is -2.12. The molecule has 4 nitrogen and oxygen atoms in total. The van der Waals surface area contributed by atoms with E-state index in [4.69, 9.17) is 11.6 Å². The molecule has 8 heteroatoms. The third-order valence-corrected chi connectivity index (χ3v) is 3.29. The van der Waals surface area contributed by atoms with Crippen molar-refractivity contribution in [2.45, 2.75) is 12.3 Å². The smallest absolute Gasteiger partial charge is 0.387 e. The number of halogens is 4. The van der Waals surface area contributed by atoms with Gasteiger partial charge in [0.1, 0.15) is 5.69 Å². The van der Waals surface area contributed by atoms with E-state index < -0.39 is 29.4 Å². The summed E-state index contributed by atoms with van der Waals surface area (Å²) in [5.74, 6) is -1.01. The van der Waals surface area contributed by atoms with Gasteiger partial charge in [0.05, 0.1) is 11.7 Å². The maximum Gasteiger partial charge on any atom is 0.418 e. The molecule has 23 heavy (non-hydrogen) atoms. The van der Waals surface area contributed by atoms with Gasteiger partial charge in [0.2, 0.25) is 0 Å². The second-order valence-corrected chi connectivity index (χ2v) is 5.11. The third kappa shape index (κ3) is 4.43. The molecule has 0 bridgehead atoms. The Morgan fingerprint density at radius 3 is 2.52 bits per heavy atom. The molecule has 2 N–H and O–H groups in total. The maximum atomic E-state index is 12.8. The van der Waals surface area contributed by atoms with Crippen LogP contribution < -0.4 is 5.32 Å². The molecule has 1 aromatic heterocycles. The van der Waals surface area contributed by atoms with Crippen molar-refractivity contribution in [1.82, 2.24) is 10.3 Å². The first kappa shape index (κ1) is 17.2. The van der Waals surface area contributed by atoms with Crippen molar-refractivity contribution < 1.29 is 23.1 Å². The monoisotopic (exact) mass is 344 g/mol. The van der Waals surface area contributed by atoms with E-state index in [1.165, 1.54) is 0 Å². The van der Waals surface area contributed by atoms with E-state index in [0.29, 0.717) is 10.6 Å². The number of pyridine rings is 1. The highest BCUT2D eigenvalue weighted by molar-refractivity contribution is 6.30. The van der Waals surface area contributed by atoms with Crippen LogP contribution in [0.4, 0.5) is 13.2 Å². The molecule has 0 saturated heterocycles. The number of amides is 1. The zero-order valence-corrected chi connectivity index (χ0v) is 12.4. The van der Waals surface area contributed by atoms with Crippen LogP contribution >= 0.6 is 11.6 Å². The number of hydrogen-bond donors (Lipinski definition) is 2. The van der Waals surface area contributed by atoms with Gasteiger partial charge in [-0.05, 0) is 29.8 Å². The van der Waals surface area contributed by atoms with E-state index >= 15 is 0 Å². The largest absolute Gasteiger partial charge is 0.418 e. The van der Waals surface area contributed by atoms with Gasteiger partial charge in [-0.25, -0.2) is 0 Å². The Bertz CT molecular complexity index is 690. The van der Waals surface area contributed by atoms with Crippen LogP contribution in [0.25, 0.3) is 0 Å². The molecule has 0 saturated carbocycles. The summed E-state index contributed by atoms with van der Waals surface area (Å²) in [7, 11) is 0. The highest BCUT2D eigenvalue weighted by Gasteiger charge is 2.35. The van der Waals surface area contributed by atoms with Crippen LogP contribution in [0.2, 0.25) is 5.02 Å². The Morgan fingerprint density at radius 1 is 1.26 bits per heavy atom. The zero-order chi connectivity index (χ0) is 17.0. The molecule has 0 radical (unpaired) electrons. The lowest BCUT2D eigenvalue weighted by Crippen LogP contribution is -2.31. The van der Waals surface area contributed by atoms with Crippen LogP contribution in [-0.4, -0.2) is 22.5 Å². The molecule has 1 aromatic carbocycles. The van der Waals surface area contributed by atoms with Crippen molar-refractivity contribution >= 4 is 17.5 Å². The van der Waals surface area contributed by atoms with Gasteiger partial charge < -0.3 is 10.4 Å². The van der Waals surface area contributed by atoms with Crippen molar-refractivity contribution in [3.8, 4) is 0 Å². The van der Waals surface area contributed by atoms with E-state index in [1.54, 1.807) is 24.3 Å². The molecule has 2 aromatic rings. The molecule has 122 valence electrons. The summed E-state index contributed by atoms with van der Waals surface area (Å²) in [6.45, 7) is -0.256. The molecular formula is C15H12ClF3N2O2. The molecule has 1 unspecified atom stereocenters. The van der Waals surface area contributed by atoms with Gasteiger partial charge in [-0.1, -0.05) is 23.7 Å². The molecule has 1 amide bonds. The molecule has 0 aliphatic carbocycles. The first-order chi connectivity index (χ1) is 10.8. The van der Waals surface area contributed by atoms with Crippen molar-refractivity contribution in [3.63, 3.8) is 0 Å². The normalized spacial score (nSPS) is 12.7. The van der Waals surface area contributed by atoms with E-state index in [2.05, 4.69) is 10.3 Å². The maximum absolute atomic E-state index is 12.8. The van der Waals surface area contributed by atoms with Crippen LogP contribution in [0.5, 0.6) is 0 Å². The van der Waals surface area contributed by atoms with Crippen LogP contribution in [0.15, 0.2) is 42.6 Å². The number of carbonyl (C=O) groups excluding carboxylic acids is 1. The minimum Gasteiger partial charge on any atom is -0.387 e. The Kier molecular flexibility index (Phi) is 5.23. The van der Waals surface area contributed by atoms with Crippen LogP contribution in [0, 0.1) is 0 Å². The Labute approximate surface area is 134 Å². The van der Waals surface area contributed by atoms with Gasteiger partial charge in [-0.2, -0.15) is 13.2 Å². The van der Waals surface area contributed by atoms with E-state index in [1.807, 2.05) is 0 Å². The highest BCUT2D eigenvalue weighted by Crippen LogP contribution is 2.30. The van der Waals surface area contributed by atoms with Crippen molar-refractivity contribution in [3.05, 3.63) is 64.4 Å². The van der Waals surface area contributed by atoms with Crippen molar-refractivity contribution in [2.24, 2.45) is 0 Å². The lowest BCUT2D eigenvalue weighted by molar-refractivity contribution is -0.138. The lowest BCUT2D eigenvalue weighted by Gasteiger charge is -2.14. The number of benzene rings is 1. The fourth-order valence-electron chi connectivity index (χ4n) is 1.89. The fraction of sp³-hybridized carbons (Fsp3) is 0.200. The third-order valence-electron chi connectivity index (χ3n) is 3.04. The van der Waals surface area contributed by atoms with Crippen LogP contribution in [-0.2, 0) is 6.18 Å². The quantitative estimate of drug-likeness (QED) is 0.895. The lowest BCUT2D eigenvalue weighted by atomic mass is 10.1. The summed E-state index contributed by atoms with van der Waals surface area (Å²) < 4.78 is 38.5. The molecular weight excluding hydrogens is 333 g/mol. The predicted octanol–water partition coefficient (Wildman–Crippen LogP) is 3.22. The minimum atomic E-state index is -4.68. The predicted molar refractivity (Wildman–Crippen MR) is 78.0 cm³/mol. The number of aromatic nitrogens is 1. The van der Waals surface area contributed by atoms with Crippen LogP contribution in [0.1, 0.15) is 27.7 Å². The Morgan fingerprint density at radius 2 is 1.91 bits per heavy atom. The van der Waals surface area contributed by atoms with Gasteiger partial charge in [0, 0.05) is 17.8 Å². The first-order valence-electron chi connectivity index (χ1n) is 6.53. The molecule has 2 rings (SSSR count). The molecule has 1 atom stereocenters. The minimum absolute atomic E-state index is 0.256. The summed E-state index contributed by atoms with van der Waals surface area (Å²) in [6.07, 6.45) is -4.66. The SMILES string of the molecule is O=C(NCC(O)c1ccc(Cl)cc1)c1ncccc1C(F)(F)F. The number of hydrogen-bond acceptors (Lipinski definition) is 3. The van der Waals surface area contributed by atoms with Gasteiger partial charge in [-0.3, -0.25) is 9.78 Å². The number of nitrogens with one attached hydrogen (secondary N) is 1. The van der Waals surface area contributed by atoms with E-state index in [0.717, 1.165) is 18.3 Å². The summed E-state index contributed by atoms with van der Waals surface area (Å²) in [4.78, 5) is 15.4. The summed E-state index contributed by atoms with van der Waals surface area (Å²) in [5.41, 5.74) is -1.38. The van der Waals surface area contributed by atoms with Crippen molar-refractivity contribution in [1.29, 1.82) is 0 Å². The number of carbonyl (C=O) groups is 1. The number of alkyl halides is 3. The average Bonchev–Trinajstić information content (AvgIpc) is 2.52. The van der Waals surface area contributed by atoms with Gasteiger partial charge >= 0.3 is 6.18 Å². The molecule has 0 aliphatic rings. The fourth-order valence-corrected chi connectivity index (χ4v) is 2.02. The van der Waals surface area contributed by atoms with Gasteiger partial charge in [0.15, 0.2) is 0 Å². The first-order valence-corrected chi connectivity index (χ1v) is 6.91. The molecule has 0 spiro atoms. The molecule has 0 fully saturated rings. The standard InChI is InChI=1S/C15H12ClF3N2O2/c16-10-5-3-9(4-6-10)12(22)8-21-14(23)13-11(15(17,18)19)2-1-7-20-13/h1-7,12,22H,8H2,(H,21,23). The average molecular weight is 345 g/mol.